The Hall–Kier alpha value is -1.32. The summed E-state index contributed by atoms with van der Waals surface area (Å²) in [5.74, 6) is 0.508. The van der Waals surface area contributed by atoms with Crippen molar-refractivity contribution in [1.82, 2.24) is 15.3 Å². The van der Waals surface area contributed by atoms with Gasteiger partial charge >= 0.3 is 0 Å². The number of hydrogen-bond acceptors (Lipinski definition) is 2. The highest BCUT2D eigenvalue weighted by Gasteiger charge is 2.15. The van der Waals surface area contributed by atoms with Crippen molar-refractivity contribution in [3.8, 4) is 0 Å². The van der Waals surface area contributed by atoms with E-state index in [-0.39, 0.29) is 0 Å². The van der Waals surface area contributed by atoms with Gasteiger partial charge in [-0.3, -0.25) is 0 Å². The molecule has 0 aliphatic carbocycles. The van der Waals surface area contributed by atoms with Crippen LogP contribution < -0.4 is 5.32 Å². The molecule has 4 heteroatoms. The van der Waals surface area contributed by atoms with Gasteiger partial charge in [0.25, 0.3) is 0 Å². The van der Waals surface area contributed by atoms with E-state index in [1.165, 1.54) is 5.56 Å². The van der Waals surface area contributed by atoms with Crippen LogP contribution in [0.1, 0.15) is 31.1 Å². The zero-order chi connectivity index (χ0) is 13.0. The molecule has 3 nitrogen and oxygen atoms in total. The van der Waals surface area contributed by atoms with Crippen molar-refractivity contribution in [2.75, 3.05) is 0 Å². The van der Waals surface area contributed by atoms with Crippen LogP contribution in [-0.2, 0) is 6.54 Å². The molecule has 0 radical (unpaired) electrons. The minimum atomic E-state index is 0.311. The van der Waals surface area contributed by atoms with E-state index in [0.717, 1.165) is 17.3 Å². The number of nitrogens with one attached hydrogen (secondary N) is 2. The lowest BCUT2D eigenvalue weighted by atomic mass is 9.96. The molecule has 2 rings (SSSR count). The molecule has 1 atom stereocenters. The summed E-state index contributed by atoms with van der Waals surface area (Å²) in [6.07, 6.45) is 3.54. The number of aromatic amines is 1. The second kappa shape index (κ2) is 6.03. The van der Waals surface area contributed by atoms with Gasteiger partial charge in [-0.15, -0.1) is 0 Å². The first-order valence-corrected chi connectivity index (χ1v) is 6.50. The molecule has 2 N–H and O–H groups in total. The highest BCUT2D eigenvalue weighted by atomic mass is 35.5. The fraction of sp³-hybridized carbons (Fsp3) is 0.357. The van der Waals surface area contributed by atoms with Crippen molar-refractivity contribution in [2.45, 2.75) is 26.4 Å². The third-order valence-electron chi connectivity index (χ3n) is 2.96. The van der Waals surface area contributed by atoms with Gasteiger partial charge in [-0.05, 0) is 23.6 Å². The monoisotopic (exact) mass is 263 g/mol. The summed E-state index contributed by atoms with van der Waals surface area (Å²) in [5.41, 5.74) is 2.35. The first-order valence-electron chi connectivity index (χ1n) is 6.13. The van der Waals surface area contributed by atoms with E-state index in [1.807, 2.05) is 18.3 Å². The highest BCUT2D eigenvalue weighted by molar-refractivity contribution is 6.30. The predicted octanol–water partition coefficient (Wildman–Crippen LogP) is 3.55. The maximum Gasteiger partial charge on any atom is 0.0922 e. The van der Waals surface area contributed by atoms with Crippen molar-refractivity contribution in [2.24, 2.45) is 5.92 Å². The quantitative estimate of drug-likeness (QED) is 0.866. The SMILES string of the molecule is CC(C)C(NCc1cnc[nH]1)c1ccc(Cl)cc1. The Bertz CT molecular complexity index is 462. The van der Waals surface area contributed by atoms with Crippen LogP contribution in [0, 0.1) is 5.92 Å². The largest absolute Gasteiger partial charge is 0.347 e. The Morgan fingerprint density at radius 3 is 2.56 bits per heavy atom. The van der Waals surface area contributed by atoms with Crippen LogP contribution in [0.15, 0.2) is 36.8 Å². The number of hydrogen-bond donors (Lipinski definition) is 2. The molecule has 2 aromatic rings. The lowest BCUT2D eigenvalue weighted by molar-refractivity contribution is 0.409. The molecule has 0 saturated carbocycles. The second-order valence-corrected chi connectivity index (χ2v) is 5.17. The number of imidazole rings is 1. The first kappa shape index (κ1) is 13.1. The molecule has 0 aliphatic heterocycles. The minimum Gasteiger partial charge on any atom is -0.347 e. The molecule has 96 valence electrons. The van der Waals surface area contributed by atoms with Gasteiger partial charge < -0.3 is 10.3 Å². The van der Waals surface area contributed by atoms with Crippen LogP contribution >= 0.6 is 11.6 Å². The molecule has 0 fully saturated rings. The smallest absolute Gasteiger partial charge is 0.0922 e. The highest BCUT2D eigenvalue weighted by Crippen LogP contribution is 2.23. The maximum atomic E-state index is 5.92. The summed E-state index contributed by atoms with van der Waals surface area (Å²) in [7, 11) is 0. The minimum absolute atomic E-state index is 0.311. The normalized spacial score (nSPS) is 12.9. The number of H-pyrrole nitrogens is 1. The Kier molecular flexibility index (Phi) is 4.39. The molecule has 1 unspecified atom stereocenters. The third kappa shape index (κ3) is 3.34. The van der Waals surface area contributed by atoms with Crippen LogP contribution in [0.5, 0.6) is 0 Å². The predicted molar refractivity (Wildman–Crippen MR) is 74.5 cm³/mol. The lowest BCUT2D eigenvalue weighted by Gasteiger charge is -2.22. The maximum absolute atomic E-state index is 5.92. The van der Waals surface area contributed by atoms with Crippen molar-refractivity contribution >= 4 is 11.6 Å². The zero-order valence-electron chi connectivity index (χ0n) is 10.7. The van der Waals surface area contributed by atoms with E-state index in [1.54, 1.807) is 6.33 Å². The van der Waals surface area contributed by atoms with Crippen molar-refractivity contribution in [1.29, 1.82) is 0 Å². The number of halogens is 1. The Morgan fingerprint density at radius 1 is 1.28 bits per heavy atom. The average molecular weight is 264 g/mol. The molecular formula is C14H18ClN3. The summed E-state index contributed by atoms with van der Waals surface area (Å²) >= 11 is 5.92. The van der Waals surface area contributed by atoms with Gasteiger partial charge in [0.2, 0.25) is 0 Å². The Labute approximate surface area is 113 Å². The van der Waals surface area contributed by atoms with E-state index in [2.05, 4.69) is 41.3 Å². The summed E-state index contributed by atoms with van der Waals surface area (Å²) in [6, 6.07) is 8.33. The van der Waals surface area contributed by atoms with Gasteiger partial charge in [0.15, 0.2) is 0 Å². The van der Waals surface area contributed by atoms with Crippen LogP contribution in [0.4, 0.5) is 0 Å². The molecule has 0 saturated heterocycles. The van der Waals surface area contributed by atoms with Crippen molar-refractivity contribution < 1.29 is 0 Å². The molecular weight excluding hydrogens is 246 g/mol. The van der Waals surface area contributed by atoms with Crippen molar-refractivity contribution in [3.05, 3.63) is 53.1 Å². The Balaban J connectivity index is 2.06. The van der Waals surface area contributed by atoms with E-state index >= 15 is 0 Å². The zero-order valence-corrected chi connectivity index (χ0v) is 11.4. The number of benzene rings is 1. The Morgan fingerprint density at radius 2 is 2.00 bits per heavy atom. The molecule has 0 spiro atoms. The molecule has 1 aromatic carbocycles. The van der Waals surface area contributed by atoms with Crippen LogP contribution in [0.25, 0.3) is 0 Å². The molecule has 0 aliphatic rings. The van der Waals surface area contributed by atoms with Crippen LogP contribution in [0.3, 0.4) is 0 Å². The molecule has 0 bridgehead atoms. The molecule has 1 aromatic heterocycles. The summed E-state index contributed by atoms with van der Waals surface area (Å²) < 4.78 is 0. The van der Waals surface area contributed by atoms with E-state index in [9.17, 15) is 0 Å². The number of rotatable bonds is 5. The van der Waals surface area contributed by atoms with Crippen LogP contribution in [0.2, 0.25) is 5.02 Å². The summed E-state index contributed by atoms with van der Waals surface area (Å²) in [6.45, 7) is 5.20. The first-order chi connectivity index (χ1) is 8.66. The number of nitrogens with zero attached hydrogens (tertiary/aromatic N) is 1. The third-order valence-corrected chi connectivity index (χ3v) is 3.22. The fourth-order valence-corrected chi connectivity index (χ4v) is 2.14. The summed E-state index contributed by atoms with van der Waals surface area (Å²) in [4.78, 5) is 7.11. The molecule has 0 amide bonds. The van der Waals surface area contributed by atoms with Gasteiger partial charge in [-0.1, -0.05) is 37.6 Å². The van der Waals surface area contributed by atoms with E-state index in [4.69, 9.17) is 11.6 Å². The summed E-state index contributed by atoms with van der Waals surface area (Å²) in [5, 5.41) is 4.32. The fourth-order valence-electron chi connectivity index (χ4n) is 2.01. The van der Waals surface area contributed by atoms with E-state index in [0.29, 0.717) is 12.0 Å². The lowest BCUT2D eigenvalue weighted by Crippen LogP contribution is -2.25. The van der Waals surface area contributed by atoms with Gasteiger partial charge in [-0.25, -0.2) is 4.98 Å². The van der Waals surface area contributed by atoms with Gasteiger partial charge in [-0.2, -0.15) is 0 Å². The topological polar surface area (TPSA) is 40.7 Å². The molecule has 18 heavy (non-hydrogen) atoms. The number of aromatic nitrogens is 2. The average Bonchev–Trinajstić information content (AvgIpc) is 2.84. The second-order valence-electron chi connectivity index (χ2n) is 4.73. The van der Waals surface area contributed by atoms with Gasteiger partial charge in [0.1, 0.15) is 0 Å². The standard InChI is InChI=1S/C14H18ClN3/c1-10(2)14(11-3-5-12(15)6-4-11)17-8-13-7-16-9-18-13/h3-7,9-10,14,17H,8H2,1-2H3,(H,16,18). The van der Waals surface area contributed by atoms with E-state index < -0.39 is 0 Å². The van der Waals surface area contributed by atoms with Crippen molar-refractivity contribution in [3.63, 3.8) is 0 Å². The van der Waals surface area contributed by atoms with Crippen LogP contribution in [-0.4, -0.2) is 9.97 Å². The molecule has 1 heterocycles. The van der Waals surface area contributed by atoms with Gasteiger partial charge in [0, 0.05) is 29.5 Å². The van der Waals surface area contributed by atoms with Gasteiger partial charge in [0.05, 0.1) is 6.33 Å².